The Labute approximate surface area is 153 Å². The molecule has 1 aromatic carbocycles. The first-order valence-corrected chi connectivity index (χ1v) is 9.29. The number of alkyl halides is 3. The van der Waals surface area contributed by atoms with Gasteiger partial charge in [-0.2, -0.15) is 13.2 Å². The van der Waals surface area contributed by atoms with Crippen LogP contribution in [0.4, 0.5) is 13.2 Å². The van der Waals surface area contributed by atoms with E-state index in [1.165, 1.54) is 23.5 Å². The number of halogens is 3. The molecule has 0 saturated heterocycles. The van der Waals surface area contributed by atoms with Crippen molar-refractivity contribution in [3.8, 4) is 10.6 Å². The summed E-state index contributed by atoms with van der Waals surface area (Å²) in [4.78, 5) is 15.4. The molecule has 2 N–H and O–H groups in total. The van der Waals surface area contributed by atoms with Crippen molar-refractivity contribution < 1.29 is 23.1 Å². The van der Waals surface area contributed by atoms with Gasteiger partial charge in [0.25, 0.3) is 0 Å². The van der Waals surface area contributed by atoms with Gasteiger partial charge in [0.1, 0.15) is 5.01 Å². The molecule has 0 spiro atoms. The van der Waals surface area contributed by atoms with Crippen LogP contribution in [-0.2, 0) is 17.5 Å². The molecule has 140 valence electrons. The van der Waals surface area contributed by atoms with Gasteiger partial charge in [-0.3, -0.25) is 4.79 Å². The maximum atomic E-state index is 12.6. The van der Waals surface area contributed by atoms with Crippen molar-refractivity contribution in [1.29, 1.82) is 0 Å². The van der Waals surface area contributed by atoms with Gasteiger partial charge in [-0.05, 0) is 37.8 Å². The Kier molecular flexibility index (Phi) is 5.62. The van der Waals surface area contributed by atoms with Crippen molar-refractivity contribution in [3.63, 3.8) is 0 Å². The van der Waals surface area contributed by atoms with Crippen LogP contribution in [0.1, 0.15) is 36.9 Å². The molecule has 26 heavy (non-hydrogen) atoms. The van der Waals surface area contributed by atoms with Crippen molar-refractivity contribution in [2.45, 2.75) is 44.4 Å². The lowest BCUT2D eigenvalue weighted by atomic mass is 9.86. The van der Waals surface area contributed by atoms with Gasteiger partial charge >= 0.3 is 12.1 Å². The fourth-order valence-corrected chi connectivity index (χ4v) is 3.94. The molecule has 0 unspecified atom stereocenters. The van der Waals surface area contributed by atoms with Crippen LogP contribution < -0.4 is 5.32 Å². The standard InChI is InChI=1S/C18H19F3N2O2S/c19-18(20,21)13-5-1-11(2-6-13)16-23-15(10-26-16)9-22-14-7-3-12(4-8-14)17(24)25/h1-2,5-6,10,12,14,22H,3-4,7-9H2,(H,24,25). The van der Waals surface area contributed by atoms with E-state index in [9.17, 15) is 18.0 Å². The predicted octanol–water partition coefficient (Wildman–Crippen LogP) is 4.56. The fraction of sp³-hybridized carbons (Fsp3) is 0.444. The summed E-state index contributed by atoms with van der Waals surface area (Å²) < 4.78 is 37.9. The minimum atomic E-state index is -4.34. The molecular weight excluding hydrogens is 365 g/mol. The summed E-state index contributed by atoms with van der Waals surface area (Å²) in [5.74, 6) is -0.956. The van der Waals surface area contributed by atoms with Crippen LogP contribution in [0.5, 0.6) is 0 Å². The number of hydrogen-bond donors (Lipinski definition) is 2. The minimum absolute atomic E-state index is 0.237. The van der Waals surface area contributed by atoms with Crippen LogP contribution in [0.2, 0.25) is 0 Å². The van der Waals surface area contributed by atoms with Gasteiger partial charge in [0.05, 0.1) is 17.2 Å². The first-order valence-electron chi connectivity index (χ1n) is 8.41. The number of carboxylic acid groups (broad SMARTS) is 1. The third-order valence-corrected chi connectivity index (χ3v) is 5.60. The number of carboxylic acids is 1. The second-order valence-electron chi connectivity index (χ2n) is 6.49. The third-order valence-electron chi connectivity index (χ3n) is 4.66. The van der Waals surface area contributed by atoms with Crippen molar-refractivity contribution >= 4 is 17.3 Å². The molecule has 0 amide bonds. The van der Waals surface area contributed by atoms with E-state index in [0.717, 1.165) is 30.7 Å². The number of aromatic nitrogens is 1. The van der Waals surface area contributed by atoms with E-state index in [2.05, 4.69) is 10.3 Å². The first kappa shape index (κ1) is 18.8. The van der Waals surface area contributed by atoms with Crippen LogP contribution in [0.15, 0.2) is 29.6 Å². The highest BCUT2D eigenvalue weighted by Crippen LogP contribution is 2.32. The Morgan fingerprint density at radius 1 is 1.19 bits per heavy atom. The summed E-state index contributed by atoms with van der Waals surface area (Å²) in [7, 11) is 0. The number of nitrogens with one attached hydrogen (secondary N) is 1. The largest absolute Gasteiger partial charge is 0.481 e. The molecule has 1 saturated carbocycles. The zero-order valence-electron chi connectivity index (χ0n) is 13.9. The van der Waals surface area contributed by atoms with Gasteiger partial charge in [0.15, 0.2) is 0 Å². The number of benzene rings is 1. The van der Waals surface area contributed by atoms with Crippen molar-refractivity contribution in [2.75, 3.05) is 0 Å². The van der Waals surface area contributed by atoms with Gasteiger partial charge in [-0.25, -0.2) is 4.98 Å². The predicted molar refractivity (Wildman–Crippen MR) is 92.8 cm³/mol. The molecule has 1 fully saturated rings. The number of rotatable bonds is 5. The Morgan fingerprint density at radius 2 is 1.85 bits per heavy atom. The Morgan fingerprint density at radius 3 is 2.42 bits per heavy atom. The number of carbonyl (C=O) groups is 1. The van der Waals surface area contributed by atoms with Crippen LogP contribution in [0.3, 0.4) is 0 Å². The molecule has 0 atom stereocenters. The Balaban J connectivity index is 1.54. The summed E-state index contributed by atoms with van der Waals surface area (Å²) >= 11 is 1.40. The molecule has 2 aromatic rings. The summed E-state index contributed by atoms with van der Waals surface area (Å²) in [6.45, 7) is 0.569. The molecule has 0 radical (unpaired) electrons. The molecule has 1 aliphatic carbocycles. The second kappa shape index (κ2) is 7.75. The highest BCUT2D eigenvalue weighted by atomic mass is 32.1. The fourth-order valence-electron chi connectivity index (χ4n) is 3.12. The smallest absolute Gasteiger partial charge is 0.416 e. The molecule has 0 bridgehead atoms. The quantitative estimate of drug-likeness (QED) is 0.793. The summed E-state index contributed by atoms with van der Waals surface area (Å²) in [5, 5.41) is 15.0. The summed E-state index contributed by atoms with van der Waals surface area (Å²) in [6, 6.07) is 5.28. The third kappa shape index (κ3) is 4.62. The summed E-state index contributed by atoms with van der Waals surface area (Å²) in [5.41, 5.74) is 0.832. The maximum absolute atomic E-state index is 12.6. The molecule has 0 aliphatic heterocycles. The highest BCUT2D eigenvalue weighted by molar-refractivity contribution is 7.13. The minimum Gasteiger partial charge on any atom is -0.481 e. The Hall–Kier alpha value is -1.93. The van der Waals surface area contributed by atoms with E-state index in [1.54, 1.807) is 0 Å². The molecule has 4 nitrogen and oxygen atoms in total. The number of thiazole rings is 1. The lowest BCUT2D eigenvalue weighted by molar-refractivity contribution is -0.143. The zero-order valence-corrected chi connectivity index (χ0v) is 14.7. The second-order valence-corrected chi connectivity index (χ2v) is 7.34. The highest BCUT2D eigenvalue weighted by Gasteiger charge is 2.30. The van der Waals surface area contributed by atoms with E-state index < -0.39 is 17.7 Å². The van der Waals surface area contributed by atoms with E-state index in [1.807, 2.05) is 5.38 Å². The van der Waals surface area contributed by atoms with E-state index in [-0.39, 0.29) is 12.0 Å². The SMILES string of the molecule is O=C(O)C1CCC(NCc2csc(-c3ccc(C(F)(F)F)cc3)n2)CC1. The first-order chi connectivity index (χ1) is 12.3. The molecule has 1 heterocycles. The van der Waals surface area contributed by atoms with E-state index in [4.69, 9.17) is 5.11 Å². The van der Waals surface area contributed by atoms with Gasteiger partial charge < -0.3 is 10.4 Å². The van der Waals surface area contributed by atoms with E-state index in [0.29, 0.717) is 30.0 Å². The topological polar surface area (TPSA) is 62.2 Å². The lowest BCUT2D eigenvalue weighted by Gasteiger charge is -2.26. The van der Waals surface area contributed by atoms with Gasteiger partial charge in [0.2, 0.25) is 0 Å². The van der Waals surface area contributed by atoms with Gasteiger partial charge in [0, 0.05) is 23.5 Å². The Bertz CT molecular complexity index is 751. The summed E-state index contributed by atoms with van der Waals surface area (Å²) in [6.07, 6.45) is -1.32. The van der Waals surface area contributed by atoms with Crippen LogP contribution >= 0.6 is 11.3 Å². The number of nitrogens with zero attached hydrogens (tertiary/aromatic N) is 1. The average Bonchev–Trinajstić information content (AvgIpc) is 3.09. The normalized spacial score (nSPS) is 20.9. The molecule has 1 aliphatic rings. The monoisotopic (exact) mass is 384 g/mol. The number of aliphatic carboxylic acids is 1. The van der Waals surface area contributed by atoms with Crippen LogP contribution in [-0.4, -0.2) is 22.1 Å². The lowest BCUT2D eigenvalue weighted by Crippen LogP contribution is -2.34. The van der Waals surface area contributed by atoms with E-state index >= 15 is 0 Å². The van der Waals surface area contributed by atoms with Gasteiger partial charge in [-0.1, -0.05) is 12.1 Å². The van der Waals surface area contributed by atoms with Crippen LogP contribution in [0.25, 0.3) is 10.6 Å². The average molecular weight is 384 g/mol. The van der Waals surface area contributed by atoms with Crippen LogP contribution in [0, 0.1) is 5.92 Å². The maximum Gasteiger partial charge on any atom is 0.416 e. The van der Waals surface area contributed by atoms with Gasteiger partial charge in [-0.15, -0.1) is 11.3 Å². The van der Waals surface area contributed by atoms with Crippen molar-refractivity contribution in [3.05, 3.63) is 40.9 Å². The zero-order chi connectivity index (χ0) is 18.7. The molecule has 8 heteroatoms. The molecule has 1 aromatic heterocycles. The van der Waals surface area contributed by atoms with Crippen molar-refractivity contribution in [2.24, 2.45) is 5.92 Å². The molecular formula is C18H19F3N2O2S. The molecule has 3 rings (SSSR count). The number of hydrogen-bond acceptors (Lipinski definition) is 4. The van der Waals surface area contributed by atoms with Crippen molar-refractivity contribution in [1.82, 2.24) is 10.3 Å².